The molecule has 5 N–H and O–H groups in total. The predicted octanol–water partition coefficient (Wildman–Crippen LogP) is 5.58. The Hall–Kier alpha value is -7.77. The zero-order chi connectivity index (χ0) is 50.1. The van der Waals surface area contributed by atoms with E-state index in [4.69, 9.17) is 18.9 Å². The molecule has 19 nitrogen and oxygen atoms in total. The van der Waals surface area contributed by atoms with Crippen LogP contribution in [0, 0.1) is 13.8 Å². The van der Waals surface area contributed by atoms with Crippen LogP contribution in [0.1, 0.15) is 66.5 Å². The number of rotatable bonds is 20. The number of aromatic nitrogens is 3. The molecular weight excluding hydrogens is 899 g/mol. The van der Waals surface area contributed by atoms with Crippen molar-refractivity contribution in [1.82, 2.24) is 30.3 Å². The summed E-state index contributed by atoms with van der Waals surface area (Å²) < 4.78 is 23.6. The van der Waals surface area contributed by atoms with Crippen LogP contribution in [0.5, 0.6) is 17.2 Å². The minimum Gasteiger partial charge on any atom is -0.490 e. The first-order valence-corrected chi connectivity index (χ1v) is 23.2. The maximum absolute atomic E-state index is 14.4. The van der Waals surface area contributed by atoms with Crippen molar-refractivity contribution in [3.05, 3.63) is 101 Å². The molecule has 0 spiro atoms. The van der Waals surface area contributed by atoms with Gasteiger partial charge in [-0.05, 0) is 108 Å². The zero-order valence-electron chi connectivity index (χ0n) is 40.4. The summed E-state index contributed by atoms with van der Waals surface area (Å²) in [5, 5.41) is 15.4. The third kappa shape index (κ3) is 11.7. The predicted molar refractivity (Wildman–Crippen MR) is 264 cm³/mol. The van der Waals surface area contributed by atoms with Gasteiger partial charge in [0.05, 0.1) is 29.4 Å². The number of nitrogens with one attached hydrogen (secondary N) is 5. The second kappa shape index (κ2) is 22.6. The maximum Gasteiger partial charge on any atom is 0.307 e. The lowest BCUT2D eigenvalue weighted by atomic mass is 10.0. The van der Waals surface area contributed by atoms with Gasteiger partial charge in [0, 0.05) is 66.1 Å². The molecule has 4 heterocycles. The van der Waals surface area contributed by atoms with E-state index < -0.39 is 48.7 Å². The third-order valence-electron chi connectivity index (χ3n) is 12.0. The fourth-order valence-corrected chi connectivity index (χ4v) is 8.04. The molecular formula is C51H59N9O10. The van der Waals surface area contributed by atoms with Crippen molar-refractivity contribution in [2.45, 2.75) is 59.7 Å². The fraction of sp³-hybridized carbons (Fsp3) is 0.353. The number of hydrogen-bond acceptors (Lipinski definition) is 13. The van der Waals surface area contributed by atoms with Gasteiger partial charge in [0.1, 0.15) is 19.0 Å². The smallest absolute Gasteiger partial charge is 0.307 e. The lowest BCUT2D eigenvalue weighted by Gasteiger charge is -2.30. The average Bonchev–Trinajstić information content (AvgIpc) is 4.07. The number of H-pyrrole nitrogens is 2. The highest BCUT2D eigenvalue weighted by Crippen LogP contribution is 2.38. The van der Waals surface area contributed by atoms with Gasteiger partial charge >= 0.3 is 5.97 Å². The van der Waals surface area contributed by atoms with Crippen LogP contribution in [0.25, 0.3) is 22.8 Å². The molecule has 0 bridgehead atoms. The summed E-state index contributed by atoms with van der Waals surface area (Å²) in [4.78, 5) is 90.2. The number of aromatic amines is 2. The first-order valence-electron chi connectivity index (χ1n) is 23.2. The molecule has 2 atom stereocenters. The Kier molecular flexibility index (Phi) is 16.2. The molecule has 5 amide bonds. The van der Waals surface area contributed by atoms with Crippen molar-refractivity contribution < 1.29 is 47.7 Å². The quantitative estimate of drug-likeness (QED) is 0.0475. The van der Waals surface area contributed by atoms with Crippen LogP contribution in [0.2, 0.25) is 0 Å². The summed E-state index contributed by atoms with van der Waals surface area (Å²) in [7, 11) is 3.77. The minimum absolute atomic E-state index is 0.126. The highest BCUT2D eigenvalue weighted by Gasteiger charge is 2.37. The summed E-state index contributed by atoms with van der Waals surface area (Å²) in [6.07, 6.45) is 1.52. The van der Waals surface area contributed by atoms with Crippen LogP contribution in [0.15, 0.2) is 73.1 Å². The fourth-order valence-electron chi connectivity index (χ4n) is 8.04. The van der Waals surface area contributed by atoms with E-state index in [1.165, 1.54) is 6.92 Å². The normalized spacial score (nSPS) is 14.8. The van der Waals surface area contributed by atoms with E-state index in [9.17, 15) is 28.8 Å². The molecule has 2 aliphatic heterocycles. The first-order chi connectivity index (χ1) is 33.6. The molecule has 0 fully saturated rings. The molecule has 2 aliphatic rings. The topological polar surface area (TPSA) is 230 Å². The van der Waals surface area contributed by atoms with Crippen molar-refractivity contribution in [3.63, 3.8) is 0 Å². The summed E-state index contributed by atoms with van der Waals surface area (Å²) in [6, 6.07) is 16.7. The minimum atomic E-state index is -1.30. The van der Waals surface area contributed by atoms with Crippen LogP contribution < -0.4 is 35.1 Å². The molecule has 0 saturated heterocycles. The SMILES string of the molecule is CCN(CC)CCNC(=O)c1c(C)[nH]c(/C=C2\C(=O)Nc3ccc(NC(=O)C(C)OC(=O)CCC(=O)N(C(=O)C4COc5ccccc5O4)c4ccc(-c5cn[nH]c5)cc4OCCN(C)C)cc32)c1C. The van der Waals surface area contributed by atoms with Gasteiger partial charge in [-0.1, -0.05) is 32.0 Å². The maximum atomic E-state index is 14.4. The average molecular weight is 958 g/mol. The molecule has 5 aromatic rings. The molecule has 2 unspecified atom stereocenters. The van der Waals surface area contributed by atoms with Gasteiger partial charge in [-0.2, -0.15) is 5.10 Å². The summed E-state index contributed by atoms with van der Waals surface area (Å²) >= 11 is 0. The van der Waals surface area contributed by atoms with Gasteiger partial charge in [-0.25, -0.2) is 4.90 Å². The van der Waals surface area contributed by atoms with E-state index >= 15 is 0 Å². The Morgan fingerprint density at radius 2 is 1.73 bits per heavy atom. The largest absolute Gasteiger partial charge is 0.490 e. The van der Waals surface area contributed by atoms with Crippen LogP contribution in [-0.4, -0.2) is 133 Å². The number of para-hydroxylation sites is 2. The molecule has 2 aromatic heterocycles. The highest BCUT2D eigenvalue weighted by molar-refractivity contribution is 6.35. The van der Waals surface area contributed by atoms with Crippen molar-refractivity contribution in [3.8, 4) is 28.4 Å². The third-order valence-corrected chi connectivity index (χ3v) is 12.0. The Bertz CT molecular complexity index is 2780. The van der Waals surface area contributed by atoms with E-state index in [1.807, 2.05) is 25.9 Å². The summed E-state index contributed by atoms with van der Waals surface area (Å²) in [5.74, 6) is -2.60. The molecule has 0 saturated carbocycles. The number of carbonyl (C=O) groups excluding carboxylic acids is 6. The van der Waals surface area contributed by atoms with E-state index in [0.717, 1.165) is 30.1 Å². The second-order valence-corrected chi connectivity index (χ2v) is 17.1. The number of benzene rings is 3. The van der Waals surface area contributed by atoms with E-state index in [1.54, 1.807) is 86.1 Å². The molecule has 0 radical (unpaired) electrons. The Balaban J connectivity index is 1.02. The zero-order valence-corrected chi connectivity index (χ0v) is 40.4. The molecule has 368 valence electrons. The number of likely N-dealkylation sites (N-methyl/N-ethyl adjacent to an activating group) is 2. The molecule has 70 heavy (non-hydrogen) atoms. The van der Waals surface area contributed by atoms with Crippen molar-refractivity contribution in [2.75, 3.05) is 75.6 Å². The van der Waals surface area contributed by atoms with Gasteiger partial charge in [0.15, 0.2) is 17.6 Å². The molecule has 3 aromatic carbocycles. The van der Waals surface area contributed by atoms with Gasteiger partial charge < -0.3 is 49.7 Å². The van der Waals surface area contributed by atoms with Crippen LogP contribution in [0.4, 0.5) is 17.1 Å². The number of fused-ring (bicyclic) bond motifs is 2. The highest BCUT2D eigenvalue weighted by atomic mass is 16.6. The molecule has 0 aliphatic carbocycles. The number of imide groups is 1. The first kappa shape index (κ1) is 50.1. The van der Waals surface area contributed by atoms with Crippen LogP contribution in [0.3, 0.4) is 0 Å². The van der Waals surface area contributed by atoms with Crippen LogP contribution >= 0.6 is 0 Å². The number of anilines is 3. The van der Waals surface area contributed by atoms with E-state index in [-0.39, 0.29) is 36.5 Å². The van der Waals surface area contributed by atoms with Crippen molar-refractivity contribution in [2.24, 2.45) is 0 Å². The second-order valence-electron chi connectivity index (χ2n) is 17.1. The van der Waals surface area contributed by atoms with Crippen LogP contribution in [-0.2, 0) is 28.7 Å². The van der Waals surface area contributed by atoms with Gasteiger partial charge in [0.2, 0.25) is 12.0 Å². The van der Waals surface area contributed by atoms with Crippen molar-refractivity contribution >= 4 is 64.2 Å². The number of esters is 1. The summed E-state index contributed by atoms with van der Waals surface area (Å²) in [6.45, 7) is 12.7. The van der Waals surface area contributed by atoms with Gasteiger partial charge in [-0.15, -0.1) is 0 Å². The number of carbonyl (C=O) groups is 6. The number of nitrogens with zero attached hydrogens (tertiary/aromatic N) is 4. The number of aryl methyl sites for hydroxylation is 1. The summed E-state index contributed by atoms with van der Waals surface area (Å²) in [5.41, 5.74) is 5.69. The Labute approximate surface area is 405 Å². The number of hydrogen-bond donors (Lipinski definition) is 5. The van der Waals surface area contributed by atoms with Gasteiger partial charge in [0.25, 0.3) is 23.6 Å². The Morgan fingerprint density at radius 1 is 0.957 bits per heavy atom. The standard InChI is InChI=1S/C51H59N9O10/c1-8-59(9-2)21-20-52-50(65)47-30(3)39(55-31(47)4)26-37-36-25-35(15-16-38(36)57-49(37)64)56-48(63)32(5)69-46(62)19-18-45(61)60(51(66)44-29-68-41-12-10-11-13-42(41)70-44)40-17-14-33(34-27-53-54-28-34)24-43(40)67-23-22-58(6)7/h10-17,24-28,32,44,55H,8-9,18-23,29H2,1-7H3,(H,52,65)(H,53,54)(H,56,63)(H,57,64)/b37-26-. The monoisotopic (exact) mass is 957 g/mol. The number of ether oxygens (including phenoxy) is 4. The lowest BCUT2D eigenvalue weighted by Crippen LogP contribution is -2.49. The van der Waals surface area contributed by atoms with Gasteiger partial charge in [-0.3, -0.25) is 33.9 Å². The molecule has 7 rings (SSSR count). The number of amides is 5. The van der Waals surface area contributed by atoms with Crippen molar-refractivity contribution in [1.29, 1.82) is 0 Å². The van der Waals surface area contributed by atoms with E-state index in [2.05, 4.69) is 49.9 Å². The Morgan fingerprint density at radius 3 is 2.46 bits per heavy atom. The molecule has 19 heteroatoms. The van der Waals surface area contributed by atoms with E-state index in [0.29, 0.717) is 75.2 Å². The lowest BCUT2D eigenvalue weighted by molar-refractivity contribution is -0.153.